The molecule has 0 spiro atoms. The molecule has 0 aliphatic carbocycles. The summed E-state index contributed by atoms with van der Waals surface area (Å²) in [5.41, 5.74) is 0.556. The van der Waals surface area contributed by atoms with Crippen molar-refractivity contribution in [1.29, 1.82) is 0 Å². The average molecular weight is 203 g/mol. The molecule has 0 bridgehead atoms. The second-order valence-corrected chi connectivity index (χ2v) is 4.11. The van der Waals surface area contributed by atoms with E-state index in [0.29, 0.717) is 5.76 Å². The van der Waals surface area contributed by atoms with Crippen molar-refractivity contribution in [2.24, 2.45) is 0 Å². The largest absolute Gasteiger partial charge is 0.413 e. The third-order valence-electron chi connectivity index (χ3n) is 2.18. The lowest BCUT2D eigenvalue weighted by molar-refractivity contribution is 0.178. The van der Waals surface area contributed by atoms with Gasteiger partial charge in [0, 0.05) is 5.56 Å². The average Bonchev–Trinajstić information content (AvgIpc) is 2.16. The first-order chi connectivity index (χ1) is 7.07. The summed E-state index contributed by atoms with van der Waals surface area (Å²) in [7, 11) is 0. The Morgan fingerprint density at radius 2 is 1.87 bits per heavy atom. The highest BCUT2D eigenvalue weighted by Gasteiger charge is 2.26. The van der Waals surface area contributed by atoms with Gasteiger partial charge >= 0.3 is 6.09 Å². The number of hydrogen-bond acceptors (Lipinski definition) is 2. The molecule has 0 fully saturated rings. The summed E-state index contributed by atoms with van der Waals surface area (Å²) in [6.07, 6.45) is 1.50. The molecule has 1 amide bonds. The van der Waals surface area contributed by atoms with E-state index in [9.17, 15) is 4.79 Å². The molecule has 0 unspecified atom stereocenters. The summed E-state index contributed by atoms with van der Waals surface area (Å²) in [6.45, 7) is 3.85. The SMILES string of the molecule is CC1(C)C=C(c2ccccc2)OC(=O)N1. The topological polar surface area (TPSA) is 38.3 Å². The summed E-state index contributed by atoms with van der Waals surface area (Å²) in [6, 6.07) is 9.59. The highest BCUT2D eigenvalue weighted by Crippen LogP contribution is 2.23. The van der Waals surface area contributed by atoms with Crippen LogP contribution in [0.25, 0.3) is 5.76 Å². The van der Waals surface area contributed by atoms with Gasteiger partial charge in [-0.2, -0.15) is 0 Å². The number of alkyl carbamates (subject to hydrolysis) is 1. The van der Waals surface area contributed by atoms with E-state index in [1.54, 1.807) is 0 Å². The summed E-state index contributed by atoms with van der Waals surface area (Å²) < 4.78 is 5.12. The number of carbonyl (C=O) groups is 1. The molecule has 0 radical (unpaired) electrons. The molecule has 0 aromatic heterocycles. The van der Waals surface area contributed by atoms with E-state index in [4.69, 9.17) is 4.74 Å². The van der Waals surface area contributed by atoms with E-state index >= 15 is 0 Å². The standard InChI is InChI=1S/C12H13NO2/c1-12(2)8-10(15-11(14)13-12)9-6-4-3-5-7-9/h3-8H,1-2H3,(H,13,14). The Morgan fingerprint density at radius 1 is 1.20 bits per heavy atom. The number of hydrogen-bond donors (Lipinski definition) is 1. The molecular formula is C12H13NO2. The normalized spacial score (nSPS) is 18.8. The maximum absolute atomic E-state index is 11.3. The van der Waals surface area contributed by atoms with E-state index < -0.39 is 6.09 Å². The van der Waals surface area contributed by atoms with Gasteiger partial charge in [0.15, 0.2) is 0 Å². The van der Waals surface area contributed by atoms with Gasteiger partial charge < -0.3 is 10.1 Å². The zero-order valence-electron chi connectivity index (χ0n) is 8.78. The smallest absolute Gasteiger partial charge is 0.410 e. The van der Waals surface area contributed by atoms with Crippen molar-refractivity contribution >= 4 is 11.9 Å². The third-order valence-corrected chi connectivity index (χ3v) is 2.18. The van der Waals surface area contributed by atoms with E-state index in [1.165, 1.54) is 0 Å². The lowest BCUT2D eigenvalue weighted by Gasteiger charge is -2.28. The Balaban J connectivity index is 2.38. The van der Waals surface area contributed by atoms with Crippen LogP contribution in [0.3, 0.4) is 0 Å². The van der Waals surface area contributed by atoms with Crippen LogP contribution in [0.1, 0.15) is 19.4 Å². The van der Waals surface area contributed by atoms with Crippen LogP contribution < -0.4 is 5.32 Å². The summed E-state index contributed by atoms with van der Waals surface area (Å²) in [5, 5.41) is 2.72. The zero-order valence-corrected chi connectivity index (χ0v) is 8.78. The molecule has 1 aromatic rings. The van der Waals surface area contributed by atoms with Crippen molar-refractivity contribution in [1.82, 2.24) is 5.32 Å². The van der Waals surface area contributed by atoms with Crippen LogP contribution in [-0.4, -0.2) is 11.6 Å². The Bertz CT molecular complexity index is 407. The number of ether oxygens (including phenoxy) is 1. The summed E-state index contributed by atoms with van der Waals surface area (Å²) in [4.78, 5) is 11.3. The van der Waals surface area contributed by atoms with Gasteiger partial charge in [0.25, 0.3) is 0 Å². The van der Waals surface area contributed by atoms with Gasteiger partial charge in [-0.05, 0) is 19.9 Å². The molecule has 1 aromatic carbocycles. The van der Waals surface area contributed by atoms with Crippen LogP contribution in [-0.2, 0) is 4.74 Å². The van der Waals surface area contributed by atoms with E-state index in [1.807, 2.05) is 50.3 Å². The van der Waals surface area contributed by atoms with Gasteiger partial charge in [0.1, 0.15) is 5.76 Å². The van der Waals surface area contributed by atoms with Gasteiger partial charge in [-0.3, -0.25) is 0 Å². The highest BCUT2D eigenvalue weighted by molar-refractivity contribution is 5.80. The van der Waals surface area contributed by atoms with Gasteiger partial charge in [-0.25, -0.2) is 4.79 Å². The fourth-order valence-corrected chi connectivity index (χ4v) is 1.53. The van der Waals surface area contributed by atoms with Crippen LogP contribution in [0.15, 0.2) is 36.4 Å². The lowest BCUT2D eigenvalue weighted by Crippen LogP contribution is -2.45. The van der Waals surface area contributed by atoms with E-state index in [2.05, 4.69) is 5.32 Å². The molecular weight excluding hydrogens is 190 g/mol. The minimum Gasteiger partial charge on any atom is -0.410 e. The molecule has 1 aliphatic heterocycles. The maximum atomic E-state index is 11.3. The Labute approximate surface area is 88.8 Å². The molecule has 0 saturated heterocycles. The van der Waals surface area contributed by atoms with Crippen molar-refractivity contribution < 1.29 is 9.53 Å². The zero-order chi connectivity index (χ0) is 10.9. The first kappa shape index (κ1) is 9.77. The quantitative estimate of drug-likeness (QED) is 0.761. The first-order valence-corrected chi connectivity index (χ1v) is 4.85. The van der Waals surface area contributed by atoms with Crippen LogP contribution in [0.2, 0.25) is 0 Å². The molecule has 1 aliphatic rings. The van der Waals surface area contributed by atoms with Crippen molar-refractivity contribution in [2.45, 2.75) is 19.4 Å². The van der Waals surface area contributed by atoms with Crippen LogP contribution in [0.5, 0.6) is 0 Å². The van der Waals surface area contributed by atoms with E-state index in [-0.39, 0.29) is 5.54 Å². The van der Waals surface area contributed by atoms with Crippen molar-refractivity contribution in [2.75, 3.05) is 0 Å². The fourth-order valence-electron chi connectivity index (χ4n) is 1.53. The number of benzene rings is 1. The number of carbonyl (C=O) groups excluding carboxylic acids is 1. The molecule has 3 nitrogen and oxygen atoms in total. The third kappa shape index (κ3) is 2.18. The second-order valence-electron chi connectivity index (χ2n) is 4.11. The Hall–Kier alpha value is -1.77. The lowest BCUT2D eigenvalue weighted by atomic mass is 10.0. The predicted molar refractivity (Wildman–Crippen MR) is 58.1 cm³/mol. The number of cyclic esters (lactones) is 1. The van der Waals surface area contributed by atoms with Crippen molar-refractivity contribution in [3.63, 3.8) is 0 Å². The Morgan fingerprint density at radius 3 is 2.47 bits per heavy atom. The Kier molecular flexibility index (Phi) is 2.23. The minimum atomic E-state index is -0.402. The molecule has 1 N–H and O–H groups in total. The molecule has 15 heavy (non-hydrogen) atoms. The minimum absolute atomic E-state index is 0.361. The van der Waals surface area contributed by atoms with Crippen molar-refractivity contribution in [3.05, 3.63) is 42.0 Å². The maximum Gasteiger partial charge on any atom is 0.413 e. The van der Waals surface area contributed by atoms with Crippen LogP contribution >= 0.6 is 0 Å². The molecule has 0 atom stereocenters. The number of amides is 1. The van der Waals surface area contributed by atoms with E-state index in [0.717, 1.165) is 5.56 Å². The van der Waals surface area contributed by atoms with Crippen LogP contribution in [0.4, 0.5) is 4.79 Å². The number of nitrogens with one attached hydrogen (secondary N) is 1. The van der Waals surface area contributed by atoms with Gasteiger partial charge in [-0.1, -0.05) is 30.3 Å². The summed E-state index contributed by atoms with van der Waals surface area (Å²) >= 11 is 0. The molecule has 3 heteroatoms. The molecule has 2 rings (SSSR count). The van der Waals surface area contributed by atoms with Crippen molar-refractivity contribution in [3.8, 4) is 0 Å². The van der Waals surface area contributed by atoms with Gasteiger partial charge in [0.2, 0.25) is 0 Å². The van der Waals surface area contributed by atoms with Gasteiger partial charge in [-0.15, -0.1) is 0 Å². The number of rotatable bonds is 1. The monoisotopic (exact) mass is 203 g/mol. The predicted octanol–water partition coefficient (Wildman–Crippen LogP) is 2.55. The first-order valence-electron chi connectivity index (χ1n) is 4.85. The van der Waals surface area contributed by atoms with Crippen LogP contribution in [0, 0.1) is 0 Å². The molecule has 0 saturated carbocycles. The van der Waals surface area contributed by atoms with Gasteiger partial charge in [0.05, 0.1) is 5.54 Å². The fraction of sp³-hybridized carbons (Fsp3) is 0.250. The summed E-state index contributed by atoms with van der Waals surface area (Å²) in [5.74, 6) is 0.615. The second kappa shape index (κ2) is 3.42. The molecule has 78 valence electrons. The highest BCUT2D eigenvalue weighted by atomic mass is 16.6. The molecule has 1 heterocycles.